The van der Waals surface area contributed by atoms with Gasteiger partial charge in [0.25, 0.3) is 0 Å². The summed E-state index contributed by atoms with van der Waals surface area (Å²) < 4.78 is 4.54. The molecule has 1 aliphatic heterocycles. The first-order valence-electron chi connectivity index (χ1n) is 2.49. The first kappa shape index (κ1) is 6.25. The van der Waals surface area contributed by atoms with Crippen LogP contribution in [0.3, 0.4) is 0 Å². The van der Waals surface area contributed by atoms with Crippen LogP contribution in [-0.2, 0) is 14.4 Å². The highest BCUT2D eigenvalue weighted by molar-refractivity contribution is 5.89. The number of esters is 1. The van der Waals surface area contributed by atoms with E-state index >= 15 is 0 Å². The average Bonchev–Trinajstić information content (AvgIpc) is 2.13. The van der Waals surface area contributed by atoms with Crippen LogP contribution in [0, 0.1) is 0 Å². The minimum absolute atomic E-state index is 0.370. The Labute approximate surface area is 52.2 Å². The molecule has 0 aromatic rings. The molecular formula is C5H7NO3. The van der Waals surface area contributed by atoms with Crippen molar-refractivity contribution < 1.29 is 14.4 Å². The van der Waals surface area contributed by atoms with Crippen molar-refractivity contribution in [1.29, 1.82) is 0 Å². The van der Waals surface area contributed by atoms with Gasteiger partial charge in [-0.1, -0.05) is 0 Å². The molecule has 1 rings (SSSR count). The van der Waals surface area contributed by atoms with Crippen LogP contribution in [0.5, 0.6) is 0 Å². The van der Waals surface area contributed by atoms with Gasteiger partial charge in [0.05, 0.1) is 0 Å². The molecule has 9 heavy (non-hydrogen) atoms. The highest BCUT2D eigenvalue weighted by atomic mass is 16.8. The highest BCUT2D eigenvalue weighted by Crippen LogP contribution is 2.11. The standard InChI is InChI=1S/C5H7NO3/c1-3-2-4(9-6)8-5(3)7/h2,4H,6H2,1H3. The second-order valence-electron chi connectivity index (χ2n) is 1.76. The zero-order valence-corrected chi connectivity index (χ0v) is 4.96. The minimum atomic E-state index is -0.683. The molecule has 1 unspecified atom stereocenters. The summed E-state index contributed by atoms with van der Waals surface area (Å²) in [4.78, 5) is 14.7. The summed E-state index contributed by atoms with van der Waals surface area (Å²) in [5.74, 6) is 4.37. The number of nitrogens with two attached hydrogens (primary N) is 1. The van der Waals surface area contributed by atoms with Crippen molar-refractivity contribution in [1.82, 2.24) is 0 Å². The molecule has 0 saturated carbocycles. The first-order chi connectivity index (χ1) is 4.24. The fraction of sp³-hybridized carbons (Fsp3) is 0.400. The summed E-state index contributed by atoms with van der Waals surface area (Å²) in [5.41, 5.74) is 0.533. The van der Waals surface area contributed by atoms with Crippen molar-refractivity contribution in [3.63, 3.8) is 0 Å². The monoisotopic (exact) mass is 129 g/mol. The summed E-state index contributed by atoms with van der Waals surface area (Å²) in [6, 6.07) is 0. The van der Waals surface area contributed by atoms with Gasteiger partial charge in [0.15, 0.2) is 0 Å². The molecule has 0 fully saturated rings. The molecule has 4 heteroatoms. The van der Waals surface area contributed by atoms with E-state index in [1.807, 2.05) is 0 Å². The number of hydrogen-bond donors (Lipinski definition) is 1. The van der Waals surface area contributed by atoms with Crippen LogP contribution in [0.4, 0.5) is 0 Å². The van der Waals surface area contributed by atoms with Gasteiger partial charge in [-0.05, 0) is 13.0 Å². The maximum Gasteiger partial charge on any atom is 0.336 e. The Balaban J connectivity index is 2.62. The van der Waals surface area contributed by atoms with Crippen molar-refractivity contribution in [2.75, 3.05) is 0 Å². The molecule has 50 valence electrons. The largest absolute Gasteiger partial charge is 0.427 e. The van der Waals surface area contributed by atoms with Crippen LogP contribution in [0.2, 0.25) is 0 Å². The fourth-order valence-corrected chi connectivity index (χ4v) is 0.572. The van der Waals surface area contributed by atoms with Crippen molar-refractivity contribution in [3.05, 3.63) is 11.6 Å². The van der Waals surface area contributed by atoms with E-state index in [1.54, 1.807) is 6.92 Å². The molecule has 0 aliphatic carbocycles. The van der Waals surface area contributed by atoms with E-state index in [-0.39, 0.29) is 5.97 Å². The highest BCUT2D eigenvalue weighted by Gasteiger charge is 2.21. The lowest BCUT2D eigenvalue weighted by molar-refractivity contribution is -0.159. The van der Waals surface area contributed by atoms with Gasteiger partial charge in [0, 0.05) is 5.57 Å². The summed E-state index contributed by atoms with van der Waals surface area (Å²) in [6.07, 6.45) is 0.833. The van der Waals surface area contributed by atoms with Gasteiger partial charge in [0.2, 0.25) is 6.29 Å². The van der Waals surface area contributed by atoms with Crippen molar-refractivity contribution in [2.24, 2.45) is 5.90 Å². The second-order valence-corrected chi connectivity index (χ2v) is 1.76. The molecular weight excluding hydrogens is 122 g/mol. The molecule has 1 aliphatic rings. The van der Waals surface area contributed by atoms with Crippen LogP contribution < -0.4 is 5.90 Å². The molecule has 0 amide bonds. The molecule has 0 saturated heterocycles. The third-order valence-electron chi connectivity index (χ3n) is 1.07. The molecule has 2 N–H and O–H groups in total. The van der Waals surface area contributed by atoms with Crippen LogP contribution in [-0.4, -0.2) is 12.3 Å². The van der Waals surface area contributed by atoms with E-state index in [0.29, 0.717) is 5.57 Å². The fourth-order valence-electron chi connectivity index (χ4n) is 0.572. The molecule has 4 nitrogen and oxygen atoms in total. The van der Waals surface area contributed by atoms with E-state index in [0.717, 1.165) is 0 Å². The van der Waals surface area contributed by atoms with E-state index < -0.39 is 6.29 Å². The Morgan fingerprint density at radius 1 is 1.89 bits per heavy atom. The lowest BCUT2D eigenvalue weighted by Gasteiger charge is -2.01. The zero-order chi connectivity index (χ0) is 6.85. The zero-order valence-electron chi connectivity index (χ0n) is 4.96. The van der Waals surface area contributed by atoms with Gasteiger partial charge < -0.3 is 4.74 Å². The Morgan fingerprint density at radius 2 is 2.56 bits per heavy atom. The lowest BCUT2D eigenvalue weighted by Crippen LogP contribution is -2.16. The molecule has 0 bridgehead atoms. The minimum Gasteiger partial charge on any atom is -0.427 e. The van der Waals surface area contributed by atoms with Crippen molar-refractivity contribution in [3.8, 4) is 0 Å². The van der Waals surface area contributed by atoms with Gasteiger partial charge in [0.1, 0.15) is 0 Å². The smallest absolute Gasteiger partial charge is 0.336 e. The number of rotatable bonds is 1. The molecule has 1 heterocycles. The summed E-state index contributed by atoms with van der Waals surface area (Å²) in [7, 11) is 0. The molecule has 1 atom stereocenters. The van der Waals surface area contributed by atoms with E-state index in [4.69, 9.17) is 5.90 Å². The Morgan fingerprint density at radius 3 is 2.78 bits per heavy atom. The third kappa shape index (κ3) is 1.09. The van der Waals surface area contributed by atoms with Gasteiger partial charge >= 0.3 is 5.97 Å². The average molecular weight is 129 g/mol. The second kappa shape index (κ2) is 2.16. The van der Waals surface area contributed by atoms with Gasteiger partial charge in [-0.3, -0.25) is 4.84 Å². The normalized spacial score (nSPS) is 25.8. The van der Waals surface area contributed by atoms with Crippen LogP contribution in [0.1, 0.15) is 6.92 Å². The van der Waals surface area contributed by atoms with Crippen LogP contribution in [0.15, 0.2) is 11.6 Å². The number of ether oxygens (including phenoxy) is 1. The lowest BCUT2D eigenvalue weighted by atomic mass is 10.3. The SMILES string of the molecule is CC1=CC(ON)OC1=O. The molecule has 0 radical (unpaired) electrons. The number of hydrogen-bond acceptors (Lipinski definition) is 4. The molecule has 0 aromatic carbocycles. The summed E-state index contributed by atoms with van der Waals surface area (Å²) >= 11 is 0. The van der Waals surface area contributed by atoms with E-state index in [1.165, 1.54) is 6.08 Å². The maximum absolute atomic E-state index is 10.5. The van der Waals surface area contributed by atoms with Crippen LogP contribution in [0.25, 0.3) is 0 Å². The van der Waals surface area contributed by atoms with Crippen molar-refractivity contribution in [2.45, 2.75) is 13.2 Å². The number of carbonyl (C=O) groups is 1. The molecule has 0 spiro atoms. The van der Waals surface area contributed by atoms with E-state index in [2.05, 4.69) is 9.57 Å². The topological polar surface area (TPSA) is 61.6 Å². The van der Waals surface area contributed by atoms with Crippen molar-refractivity contribution >= 4 is 5.97 Å². The predicted molar refractivity (Wildman–Crippen MR) is 28.9 cm³/mol. The van der Waals surface area contributed by atoms with Gasteiger partial charge in [-0.15, -0.1) is 0 Å². The Hall–Kier alpha value is -0.870. The maximum atomic E-state index is 10.5. The van der Waals surface area contributed by atoms with Crippen LogP contribution >= 0.6 is 0 Å². The Bertz CT molecular complexity index is 164. The quantitative estimate of drug-likeness (QED) is 0.390. The first-order valence-corrected chi connectivity index (χ1v) is 2.49. The Kier molecular flexibility index (Phi) is 1.50. The predicted octanol–water partition coefficient (Wildman–Crippen LogP) is -0.294. The third-order valence-corrected chi connectivity index (χ3v) is 1.07. The van der Waals surface area contributed by atoms with Gasteiger partial charge in [-0.2, -0.15) is 0 Å². The number of cyclic esters (lactones) is 1. The number of carbonyl (C=O) groups excluding carboxylic acids is 1. The summed E-state index contributed by atoms with van der Waals surface area (Å²) in [5, 5.41) is 0. The van der Waals surface area contributed by atoms with E-state index in [9.17, 15) is 4.79 Å². The molecule has 0 aromatic heterocycles. The summed E-state index contributed by atoms with van der Waals surface area (Å²) in [6.45, 7) is 1.64. The van der Waals surface area contributed by atoms with Gasteiger partial charge in [-0.25, -0.2) is 10.7 Å².